The predicted molar refractivity (Wildman–Crippen MR) is 59.8 cm³/mol. The minimum atomic E-state index is 0.550. The van der Waals surface area contributed by atoms with Crippen LogP contribution in [0.15, 0.2) is 18.5 Å². The molecule has 3 heteroatoms. The number of hydrogen-bond donors (Lipinski definition) is 0. The molecule has 0 bridgehead atoms. The molecule has 2 heterocycles. The van der Waals surface area contributed by atoms with Crippen LogP contribution in [0.5, 0.6) is 0 Å². The third kappa shape index (κ3) is 1.85. The van der Waals surface area contributed by atoms with Crippen molar-refractivity contribution in [3.05, 3.63) is 24.0 Å². The van der Waals surface area contributed by atoms with E-state index in [-0.39, 0.29) is 0 Å². The second-order valence-corrected chi connectivity index (χ2v) is 4.25. The van der Waals surface area contributed by atoms with E-state index in [0.29, 0.717) is 5.88 Å². The lowest BCUT2D eigenvalue weighted by Gasteiger charge is -2.20. The maximum atomic E-state index is 5.88. The topological polar surface area (TPSA) is 16.1 Å². The third-order valence-corrected chi connectivity index (χ3v) is 3.07. The number of hydrogen-bond acceptors (Lipinski definition) is 2. The van der Waals surface area contributed by atoms with Crippen LogP contribution in [0.25, 0.3) is 0 Å². The summed E-state index contributed by atoms with van der Waals surface area (Å²) < 4.78 is 0. The van der Waals surface area contributed by atoms with E-state index in [0.717, 1.165) is 24.6 Å². The number of anilines is 1. The Bertz CT molecular complexity index is 314. The molecule has 76 valence electrons. The Balaban J connectivity index is 2.22. The van der Waals surface area contributed by atoms with Gasteiger partial charge in [0, 0.05) is 36.7 Å². The van der Waals surface area contributed by atoms with E-state index in [2.05, 4.69) is 22.9 Å². The van der Waals surface area contributed by atoms with Gasteiger partial charge < -0.3 is 4.90 Å². The van der Waals surface area contributed by atoms with E-state index < -0.39 is 0 Å². The largest absolute Gasteiger partial charge is 0.371 e. The lowest BCUT2D eigenvalue weighted by molar-refractivity contribution is 0.659. The molecular formula is C11H15ClN2. The third-order valence-electron chi connectivity index (χ3n) is 2.79. The van der Waals surface area contributed by atoms with Crippen molar-refractivity contribution in [2.75, 3.05) is 18.0 Å². The highest BCUT2D eigenvalue weighted by Crippen LogP contribution is 2.26. The molecule has 0 spiro atoms. The van der Waals surface area contributed by atoms with Gasteiger partial charge in [-0.1, -0.05) is 6.92 Å². The minimum absolute atomic E-state index is 0.550. The van der Waals surface area contributed by atoms with Gasteiger partial charge in [-0.05, 0) is 18.4 Å². The molecule has 2 rings (SSSR count). The number of nitrogens with zero attached hydrogens (tertiary/aromatic N) is 2. The zero-order valence-corrected chi connectivity index (χ0v) is 9.17. The highest BCUT2D eigenvalue weighted by atomic mass is 35.5. The molecule has 1 aliphatic heterocycles. The van der Waals surface area contributed by atoms with Crippen LogP contribution >= 0.6 is 11.6 Å². The molecule has 1 aliphatic rings. The molecule has 2 nitrogen and oxygen atoms in total. The normalized spacial score (nSPS) is 21.6. The summed E-state index contributed by atoms with van der Waals surface area (Å²) in [6.45, 7) is 4.59. The van der Waals surface area contributed by atoms with Gasteiger partial charge in [-0.3, -0.25) is 4.98 Å². The summed E-state index contributed by atoms with van der Waals surface area (Å²) in [5.74, 6) is 1.35. The van der Waals surface area contributed by atoms with Crippen LogP contribution in [-0.2, 0) is 5.88 Å². The van der Waals surface area contributed by atoms with Crippen molar-refractivity contribution < 1.29 is 0 Å². The fourth-order valence-corrected chi connectivity index (χ4v) is 2.19. The second kappa shape index (κ2) is 4.18. The summed E-state index contributed by atoms with van der Waals surface area (Å²) >= 11 is 5.88. The van der Waals surface area contributed by atoms with Crippen LogP contribution in [0.3, 0.4) is 0 Å². The quantitative estimate of drug-likeness (QED) is 0.698. The highest BCUT2D eigenvalue weighted by molar-refractivity contribution is 6.17. The molecule has 1 unspecified atom stereocenters. The molecule has 1 fully saturated rings. The molecule has 0 amide bonds. The number of pyridine rings is 1. The van der Waals surface area contributed by atoms with E-state index in [4.69, 9.17) is 11.6 Å². The molecule has 0 aliphatic carbocycles. The van der Waals surface area contributed by atoms with Crippen LogP contribution in [0.2, 0.25) is 0 Å². The summed E-state index contributed by atoms with van der Waals surface area (Å²) in [5, 5.41) is 0. The minimum Gasteiger partial charge on any atom is -0.371 e. The van der Waals surface area contributed by atoms with Gasteiger partial charge in [0.1, 0.15) is 0 Å². The summed E-state index contributed by atoms with van der Waals surface area (Å²) in [6, 6.07) is 2.07. The van der Waals surface area contributed by atoms with Gasteiger partial charge in [-0.15, -0.1) is 11.6 Å². The summed E-state index contributed by atoms with van der Waals surface area (Å²) in [5.41, 5.74) is 2.41. The molecule has 1 aromatic rings. The molecule has 0 aromatic carbocycles. The number of halogens is 1. The Labute approximate surface area is 89.9 Å². The Morgan fingerprint density at radius 1 is 1.64 bits per heavy atom. The summed E-state index contributed by atoms with van der Waals surface area (Å²) in [6.07, 6.45) is 4.99. The van der Waals surface area contributed by atoms with Gasteiger partial charge in [0.2, 0.25) is 0 Å². The number of aromatic nitrogens is 1. The molecule has 1 saturated heterocycles. The zero-order valence-electron chi connectivity index (χ0n) is 8.41. The van der Waals surface area contributed by atoms with E-state index in [1.165, 1.54) is 12.1 Å². The lowest BCUT2D eigenvalue weighted by Crippen LogP contribution is -2.20. The van der Waals surface area contributed by atoms with Gasteiger partial charge in [-0.2, -0.15) is 0 Å². The van der Waals surface area contributed by atoms with Crippen molar-refractivity contribution in [1.29, 1.82) is 0 Å². The Hall–Kier alpha value is -0.760. The zero-order chi connectivity index (χ0) is 9.97. The van der Waals surface area contributed by atoms with Crippen molar-refractivity contribution in [1.82, 2.24) is 4.98 Å². The SMILES string of the molecule is CC1CCN(c2ccncc2CCl)C1. The van der Waals surface area contributed by atoms with Crippen LogP contribution < -0.4 is 4.90 Å². The molecule has 14 heavy (non-hydrogen) atoms. The van der Waals surface area contributed by atoms with Crippen molar-refractivity contribution in [2.24, 2.45) is 5.92 Å². The van der Waals surface area contributed by atoms with Crippen LogP contribution in [0, 0.1) is 5.92 Å². The average molecular weight is 211 g/mol. The lowest BCUT2D eigenvalue weighted by atomic mass is 10.2. The maximum Gasteiger partial charge on any atom is 0.0509 e. The van der Waals surface area contributed by atoms with E-state index >= 15 is 0 Å². The van der Waals surface area contributed by atoms with Crippen LogP contribution in [0.4, 0.5) is 5.69 Å². The Kier molecular flexibility index (Phi) is 2.92. The van der Waals surface area contributed by atoms with Gasteiger partial charge in [-0.25, -0.2) is 0 Å². The fourth-order valence-electron chi connectivity index (χ4n) is 1.99. The molecular weight excluding hydrogens is 196 g/mol. The first-order chi connectivity index (χ1) is 6.81. The first-order valence-corrected chi connectivity index (χ1v) is 5.58. The van der Waals surface area contributed by atoms with Gasteiger partial charge in [0.15, 0.2) is 0 Å². The van der Waals surface area contributed by atoms with Crippen molar-refractivity contribution in [2.45, 2.75) is 19.2 Å². The molecule has 0 saturated carbocycles. The Morgan fingerprint density at radius 3 is 3.14 bits per heavy atom. The van der Waals surface area contributed by atoms with Gasteiger partial charge in [0.25, 0.3) is 0 Å². The van der Waals surface area contributed by atoms with E-state index in [1.807, 2.05) is 12.4 Å². The number of alkyl halides is 1. The Morgan fingerprint density at radius 2 is 2.50 bits per heavy atom. The number of rotatable bonds is 2. The molecule has 1 atom stereocenters. The smallest absolute Gasteiger partial charge is 0.0509 e. The monoisotopic (exact) mass is 210 g/mol. The molecule has 0 N–H and O–H groups in total. The summed E-state index contributed by atoms with van der Waals surface area (Å²) in [7, 11) is 0. The van der Waals surface area contributed by atoms with Crippen molar-refractivity contribution >= 4 is 17.3 Å². The van der Waals surface area contributed by atoms with Gasteiger partial charge in [0.05, 0.1) is 5.88 Å². The maximum absolute atomic E-state index is 5.88. The standard InChI is InChI=1S/C11H15ClN2/c1-9-3-5-14(8-9)11-2-4-13-7-10(11)6-12/h2,4,7,9H,3,5-6,8H2,1H3. The van der Waals surface area contributed by atoms with Gasteiger partial charge >= 0.3 is 0 Å². The van der Waals surface area contributed by atoms with E-state index in [9.17, 15) is 0 Å². The van der Waals surface area contributed by atoms with Crippen molar-refractivity contribution in [3.8, 4) is 0 Å². The predicted octanol–water partition coefficient (Wildman–Crippen LogP) is 2.67. The second-order valence-electron chi connectivity index (χ2n) is 3.98. The van der Waals surface area contributed by atoms with Crippen LogP contribution in [-0.4, -0.2) is 18.1 Å². The van der Waals surface area contributed by atoms with Crippen LogP contribution in [0.1, 0.15) is 18.9 Å². The molecule has 0 radical (unpaired) electrons. The first-order valence-electron chi connectivity index (χ1n) is 5.05. The molecule has 1 aromatic heterocycles. The first kappa shape index (κ1) is 9.78. The highest BCUT2D eigenvalue weighted by Gasteiger charge is 2.20. The van der Waals surface area contributed by atoms with E-state index in [1.54, 1.807) is 0 Å². The van der Waals surface area contributed by atoms with Crippen molar-refractivity contribution in [3.63, 3.8) is 0 Å². The average Bonchev–Trinajstić information content (AvgIpc) is 2.65. The fraction of sp³-hybridized carbons (Fsp3) is 0.545. The summed E-state index contributed by atoms with van der Waals surface area (Å²) in [4.78, 5) is 6.50.